The van der Waals surface area contributed by atoms with Crippen molar-refractivity contribution in [1.29, 1.82) is 10.5 Å². The van der Waals surface area contributed by atoms with Crippen molar-refractivity contribution in [2.24, 2.45) is 0 Å². The van der Waals surface area contributed by atoms with Crippen LogP contribution >= 0.6 is 0 Å². The summed E-state index contributed by atoms with van der Waals surface area (Å²) >= 11 is 0. The van der Waals surface area contributed by atoms with Gasteiger partial charge in [0.05, 0.1) is 29.0 Å². The smallest absolute Gasteiger partial charge is 0.148 e. The van der Waals surface area contributed by atoms with Crippen LogP contribution < -0.4 is 4.90 Å². The zero-order valence-electron chi connectivity index (χ0n) is 10.3. The van der Waals surface area contributed by atoms with Crippen LogP contribution in [-0.2, 0) is 0 Å². The molecule has 0 radical (unpaired) electrons. The van der Waals surface area contributed by atoms with E-state index in [2.05, 4.69) is 0 Å². The highest BCUT2D eigenvalue weighted by Gasteiger charge is 2.10. The lowest BCUT2D eigenvalue weighted by molar-refractivity contribution is 0.627. The van der Waals surface area contributed by atoms with Crippen LogP contribution in [0.4, 0.5) is 15.8 Å². The maximum absolute atomic E-state index is 13.9. The number of nitriles is 2. The van der Waals surface area contributed by atoms with Gasteiger partial charge in [0.15, 0.2) is 0 Å². The highest BCUT2D eigenvalue weighted by molar-refractivity contribution is 5.65. The van der Waals surface area contributed by atoms with Gasteiger partial charge >= 0.3 is 0 Å². The van der Waals surface area contributed by atoms with Crippen LogP contribution in [0.1, 0.15) is 11.1 Å². The summed E-state index contributed by atoms with van der Waals surface area (Å²) in [7, 11) is 1.71. The third kappa shape index (κ3) is 2.53. The maximum Gasteiger partial charge on any atom is 0.148 e. The number of hydrogen-bond acceptors (Lipinski definition) is 3. The van der Waals surface area contributed by atoms with E-state index >= 15 is 0 Å². The van der Waals surface area contributed by atoms with Gasteiger partial charge in [-0.25, -0.2) is 4.39 Å². The Morgan fingerprint density at radius 3 is 2.32 bits per heavy atom. The monoisotopic (exact) mass is 251 g/mol. The average Bonchev–Trinajstić information content (AvgIpc) is 2.46. The third-order valence-electron chi connectivity index (χ3n) is 2.80. The lowest BCUT2D eigenvalue weighted by atomic mass is 10.1. The van der Waals surface area contributed by atoms with Crippen molar-refractivity contribution >= 4 is 11.4 Å². The SMILES string of the molecule is CN(c1cccc(C#N)c1)c1ccc(C#N)cc1F. The quantitative estimate of drug-likeness (QED) is 0.822. The molecule has 2 aromatic rings. The molecule has 0 bridgehead atoms. The first-order valence-electron chi connectivity index (χ1n) is 5.59. The standard InChI is InChI=1S/C15H10FN3/c1-19(13-4-2-3-11(7-13)9-17)15-6-5-12(10-18)8-14(15)16/h2-8H,1H3. The first-order valence-corrected chi connectivity index (χ1v) is 5.59. The Morgan fingerprint density at radius 1 is 1.00 bits per heavy atom. The summed E-state index contributed by atoms with van der Waals surface area (Å²) in [4.78, 5) is 1.64. The molecule has 0 fully saturated rings. The number of anilines is 2. The van der Waals surface area contributed by atoms with Gasteiger partial charge in [-0.3, -0.25) is 0 Å². The molecule has 19 heavy (non-hydrogen) atoms. The molecule has 2 rings (SSSR count). The molecule has 0 aliphatic rings. The minimum absolute atomic E-state index is 0.278. The third-order valence-corrected chi connectivity index (χ3v) is 2.80. The summed E-state index contributed by atoms with van der Waals surface area (Å²) < 4.78 is 13.9. The van der Waals surface area contributed by atoms with Gasteiger partial charge in [-0.15, -0.1) is 0 Å². The van der Waals surface area contributed by atoms with Crippen LogP contribution in [0.3, 0.4) is 0 Å². The van der Waals surface area contributed by atoms with Gasteiger partial charge in [0.2, 0.25) is 0 Å². The van der Waals surface area contributed by atoms with Crippen molar-refractivity contribution in [3.05, 3.63) is 59.4 Å². The summed E-state index contributed by atoms with van der Waals surface area (Å²) in [6.07, 6.45) is 0. The fourth-order valence-electron chi connectivity index (χ4n) is 1.77. The van der Waals surface area contributed by atoms with E-state index in [1.165, 1.54) is 6.07 Å². The summed E-state index contributed by atoms with van der Waals surface area (Å²) in [6.45, 7) is 0. The number of benzene rings is 2. The average molecular weight is 251 g/mol. The number of hydrogen-bond donors (Lipinski definition) is 0. The Balaban J connectivity index is 2.42. The van der Waals surface area contributed by atoms with Crippen LogP contribution in [0.25, 0.3) is 0 Å². The Bertz CT molecular complexity index is 695. The van der Waals surface area contributed by atoms with Gasteiger partial charge in [-0.05, 0) is 36.4 Å². The van der Waals surface area contributed by atoms with E-state index in [9.17, 15) is 4.39 Å². The Hall–Kier alpha value is -2.85. The first-order chi connectivity index (χ1) is 9.15. The van der Waals surface area contributed by atoms with Crippen LogP contribution in [0.2, 0.25) is 0 Å². The van der Waals surface area contributed by atoms with Gasteiger partial charge in [0.1, 0.15) is 5.82 Å². The molecule has 3 nitrogen and oxygen atoms in total. The Labute approximate surface area is 110 Å². The topological polar surface area (TPSA) is 50.8 Å². The molecular formula is C15H10FN3. The molecule has 0 saturated carbocycles. The van der Waals surface area contributed by atoms with Crippen molar-refractivity contribution in [3.63, 3.8) is 0 Å². The van der Waals surface area contributed by atoms with Crippen LogP contribution in [0.5, 0.6) is 0 Å². The predicted molar refractivity (Wildman–Crippen MR) is 70.3 cm³/mol. The molecular weight excluding hydrogens is 241 g/mol. The lowest BCUT2D eigenvalue weighted by Crippen LogP contribution is -2.11. The normalized spacial score (nSPS) is 9.47. The first kappa shape index (κ1) is 12.6. The zero-order valence-corrected chi connectivity index (χ0v) is 10.3. The second kappa shape index (κ2) is 5.20. The summed E-state index contributed by atoms with van der Waals surface area (Å²) in [5.74, 6) is -0.469. The predicted octanol–water partition coefficient (Wildman–Crippen LogP) is 3.34. The number of rotatable bonds is 2. The van der Waals surface area contributed by atoms with E-state index in [1.54, 1.807) is 48.3 Å². The summed E-state index contributed by atoms with van der Waals surface area (Å²) in [6, 6.07) is 15.1. The fraction of sp³-hybridized carbons (Fsp3) is 0.0667. The molecule has 0 atom stereocenters. The van der Waals surface area contributed by atoms with E-state index in [1.807, 2.05) is 12.1 Å². The van der Waals surface area contributed by atoms with E-state index in [-0.39, 0.29) is 5.56 Å². The highest BCUT2D eigenvalue weighted by Crippen LogP contribution is 2.27. The van der Waals surface area contributed by atoms with Crippen LogP contribution in [0, 0.1) is 28.5 Å². The minimum Gasteiger partial charge on any atom is -0.342 e. The second-order valence-electron chi connectivity index (χ2n) is 4.00. The molecule has 2 aromatic carbocycles. The van der Waals surface area contributed by atoms with Gasteiger partial charge in [-0.1, -0.05) is 6.07 Å². The van der Waals surface area contributed by atoms with Gasteiger partial charge in [-0.2, -0.15) is 10.5 Å². The van der Waals surface area contributed by atoms with E-state index in [4.69, 9.17) is 10.5 Å². The van der Waals surface area contributed by atoms with Crippen LogP contribution in [-0.4, -0.2) is 7.05 Å². The molecule has 0 heterocycles. The number of halogens is 1. The van der Waals surface area contributed by atoms with Gasteiger partial charge in [0.25, 0.3) is 0 Å². The molecule has 0 N–H and O–H groups in total. The van der Waals surface area contributed by atoms with E-state index in [0.29, 0.717) is 16.9 Å². The molecule has 92 valence electrons. The molecule has 0 saturated heterocycles. The maximum atomic E-state index is 13.9. The van der Waals surface area contributed by atoms with E-state index in [0.717, 1.165) is 0 Å². The minimum atomic E-state index is -0.469. The molecule has 0 aliphatic heterocycles. The Kier molecular flexibility index (Phi) is 3.45. The van der Waals surface area contributed by atoms with Crippen molar-refractivity contribution in [3.8, 4) is 12.1 Å². The molecule has 0 aliphatic carbocycles. The molecule has 0 aromatic heterocycles. The van der Waals surface area contributed by atoms with Crippen LogP contribution in [0.15, 0.2) is 42.5 Å². The Morgan fingerprint density at radius 2 is 1.68 bits per heavy atom. The second-order valence-corrected chi connectivity index (χ2v) is 4.00. The van der Waals surface area contributed by atoms with Crippen molar-refractivity contribution in [1.82, 2.24) is 0 Å². The van der Waals surface area contributed by atoms with Crippen molar-refractivity contribution in [2.45, 2.75) is 0 Å². The number of nitrogens with zero attached hydrogens (tertiary/aromatic N) is 3. The summed E-state index contributed by atoms with van der Waals surface area (Å²) in [5, 5.41) is 17.6. The zero-order chi connectivity index (χ0) is 13.8. The highest BCUT2D eigenvalue weighted by atomic mass is 19.1. The molecule has 0 spiro atoms. The van der Waals surface area contributed by atoms with Crippen molar-refractivity contribution in [2.75, 3.05) is 11.9 Å². The van der Waals surface area contributed by atoms with Crippen molar-refractivity contribution < 1.29 is 4.39 Å². The van der Waals surface area contributed by atoms with Gasteiger partial charge in [0, 0.05) is 12.7 Å². The molecule has 0 unspecified atom stereocenters. The molecule has 4 heteroatoms. The summed E-state index contributed by atoms with van der Waals surface area (Å²) in [5.41, 5.74) is 1.86. The van der Waals surface area contributed by atoms with Gasteiger partial charge < -0.3 is 4.90 Å². The lowest BCUT2D eigenvalue weighted by Gasteiger charge is -2.20. The largest absolute Gasteiger partial charge is 0.342 e. The van der Waals surface area contributed by atoms with E-state index < -0.39 is 5.82 Å². The fourth-order valence-corrected chi connectivity index (χ4v) is 1.77. The molecule has 0 amide bonds.